The summed E-state index contributed by atoms with van der Waals surface area (Å²) in [5.41, 5.74) is 3.49. The Bertz CT molecular complexity index is 2870. The molecule has 0 bridgehead atoms. The van der Waals surface area contributed by atoms with E-state index in [2.05, 4.69) is 60.3 Å². The average Bonchev–Trinajstić information content (AvgIpc) is 1.61. The number of amides is 1. The first-order valence-corrected chi connectivity index (χ1v) is 42.1. The molecule has 0 saturated carbocycles. The third-order valence-electron chi connectivity index (χ3n) is 19.8. The smallest absolute Gasteiger partial charge is 0.255 e. The van der Waals surface area contributed by atoms with Crippen molar-refractivity contribution < 1.29 is 37.3 Å². The van der Waals surface area contributed by atoms with Crippen molar-refractivity contribution in [2.24, 2.45) is 0 Å². The molecule has 0 saturated heterocycles. The number of anilines is 1. The standard InChI is InChI=1S/C89H139N5O8/c1-6-11-16-21-26-31-36-41-46-51-64-96-80-60-56-74(57-61-80)85(95)90-79-70-77(88-93-91-86(101-88)75-58-62-81(97-65-52-47-42-37-32-27-22-17-12-7-2)83(72-75)99-67-54-49-44-39-34-29-24-19-14-9-4)69-78(71-79)89-94-92-87(102-89)76-59-63-82(98-66-53-48-43-38-33-28-23-18-13-8-3)84(73-76)100-68-55-50-45-40-35-30-25-20-15-10-5/h56-63,69-73H,6-55,64-68H2,1-5H3,(H,90,95). The minimum atomic E-state index is -0.293. The predicted molar refractivity (Wildman–Crippen MR) is 425 cm³/mol. The monoisotopic (exact) mass is 1410 g/mol. The number of nitrogens with zero attached hydrogens (tertiary/aromatic N) is 4. The van der Waals surface area contributed by atoms with Crippen LogP contribution in [0.1, 0.15) is 366 Å². The Morgan fingerprint density at radius 3 is 0.824 bits per heavy atom. The van der Waals surface area contributed by atoms with Gasteiger partial charge in [-0.25, -0.2) is 0 Å². The lowest BCUT2D eigenvalue weighted by Gasteiger charge is -2.14. The van der Waals surface area contributed by atoms with Gasteiger partial charge in [-0.3, -0.25) is 4.79 Å². The Morgan fingerprint density at radius 2 is 0.529 bits per heavy atom. The van der Waals surface area contributed by atoms with Gasteiger partial charge in [0.1, 0.15) is 5.75 Å². The molecule has 13 nitrogen and oxygen atoms in total. The van der Waals surface area contributed by atoms with Crippen molar-refractivity contribution in [1.82, 2.24) is 20.4 Å². The summed E-state index contributed by atoms with van der Waals surface area (Å²) in [6.07, 6.45) is 63.1. The molecule has 1 N–H and O–H groups in total. The van der Waals surface area contributed by atoms with Gasteiger partial charge in [-0.05, 0) is 111 Å². The van der Waals surface area contributed by atoms with Crippen LogP contribution in [-0.2, 0) is 0 Å². The molecule has 4 aromatic carbocycles. The van der Waals surface area contributed by atoms with Crippen LogP contribution in [0, 0.1) is 0 Å². The number of hydrogen-bond acceptors (Lipinski definition) is 12. The lowest BCUT2D eigenvalue weighted by atomic mass is 10.1. The van der Waals surface area contributed by atoms with Crippen LogP contribution in [0.5, 0.6) is 28.7 Å². The van der Waals surface area contributed by atoms with E-state index < -0.39 is 0 Å². The highest BCUT2D eigenvalue weighted by Gasteiger charge is 2.21. The van der Waals surface area contributed by atoms with Crippen LogP contribution >= 0.6 is 0 Å². The van der Waals surface area contributed by atoms with E-state index in [-0.39, 0.29) is 17.7 Å². The van der Waals surface area contributed by atoms with Crippen molar-refractivity contribution in [2.45, 2.75) is 356 Å². The van der Waals surface area contributed by atoms with E-state index in [1.54, 1.807) is 12.1 Å². The molecule has 568 valence electrons. The molecule has 0 aliphatic heterocycles. The Labute approximate surface area is 619 Å². The number of hydrogen-bond donors (Lipinski definition) is 1. The molecule has 0 radical (unpaired) electrons. The number of benzene rings is 4. The summed E-state index contributed by atoms with van der Waals surface area (Å²) in [4.78, 5) is 14.2. The van der Waals surface area contributed by atoms with Gasteiger partial charge >= 0.3 is 0 Å². The first-order chi connectivity index (χ1) is 50.4. The largest absolute Gasteiger partial charge is 0.494 e. The first-order valence-electron chi connectivity index (χ1n) is 42.1. The molecule has 0 fully saturated rings. The number of aromatic nitrogens is 4. The second-order valence-corrected chi connectivity index (χ2v) is 29.1. The first kappa shape index (κ1) is 84.6. The van der Waals surface area contributed by atoms with Gasteiger partial charge in [0.25, 0.3) is 5.91 Å². The Hall–Kier alpha value is -6.37. The molecule has 6 rings (SSSR count). The fourth-order valence-corrected chi connectivity index (χ4v) is 13.4. The SMILES string of the molecule is CCCCCCCCCCCCOc1ccc(C(=O)Nc2cc(-c3nnc(-c4ccc(OCCCCCCCCCCCC)c(OCCCCCCCCCCCC)c4)o3)cc(-c3nnc(-c4ccc(OCCCCCCCCCCCC)c(OCCCCCCCCCCCC)c4)o3)c2)cc1. The van der Waals surface area contributed by atoms with E-state index in [0.29, 0.717) is 89.8 Å². The highest BCUT2D eigenvalue weighted by atomic mass is 16.5. The Morgan fingerprint density at radius 1 is 0.275 bits per heavy atom. The average molecular weight is 1410 g/mol. The maximum absolute atomic E-state index is 14.2. The van der Waals surface area contributed by atoms with Gasteiger partial charge in [0, 0.05) is 33.5 Å². The summed E-state index contributed by atoms with van der Waals surface area (Å²) in [6, 6.07) is 24.7. The van der Waals surface area contributed by atoms with Crippen LogP contribution in [0.15, 0.2) is 87.7 Å². The predicted octanol–water partition coefficient (Wildman–Crippen LogP) is 27.9. The molecule has 1 amide bonds. The zero-order valence-electron chi connectivity index (χ0n) is 65.0. The highest BCUT2D eigenvalue weighted by Crippen LogP contribution is 2.38. The third-order valence-corrected chi connectivity index (χ3v) is 19.8. The van der Waals surface area contributed by atoms with Gasteiger partial charge in [0.05, 0.1) is 33.0 Å². The highest BCUT2D eigenvalue weighted by molar-refractivity contribution is 6.05. The lowest BCUT2D eigenvalue weighted by molar-refractivity contribution is 0.102. The second kappa shape index (κ2) is 56.1. The molecule has 0 aliphatic carbocycles. The van der Waals surface area contributed by atoms with Crippen molar-refractivity contribution in [3.63, 3.8) is 0 Å². The fourth-order valence-electron chi connectivity index (χ4n) is 13.4. The number of ether oxygens (including phenoxy) is 5. The topological polar surface area (TPSA) is 153 Å². The third kappa shape index (κ3) is 36.4. The maximum Gasteiger partial charge on any atom is 0.255 e. The molecular formula is C89H139N5O8. The summed E-state index contributed by atoms with van der Waals surface area (Å²) in [5, 5.41) is 21.6. The summed E-state index contributed by atoms with van der Waals surface area (Å²) >= 11 is 0. The van der Waals surface area contributed by atoms with E-state index in [1.807, 2.05) is 66.7 Å². The summed E-state index contributed by atoms with van der Waals surface area (Å²) in [7, 11) is 0. The van der Waals surface area contributed by atoms with E-state index in [1.165, 1.54) is 257 Å². The molecule has 0 atom stereocenters. The lowest BCUT2D eigenvalue weighted by Crippen LogP contribution is -2.12. The van der Waals surface area contributed by atoms with Crippen LogP contribution in [0.3, 0.4) is 0 Å². The molecular weight excluding hydrogens is 1270 g/mol. The van der Waals surface area contributed by atoms with Crippen LogP contribution < -0.4 is 29.0 Å². The van der Waals surface area contributed by atoms with Gasteiger partial charge in [-0.1, -0.05) is 324 Å². The Balaban J connectivity index is 1.19. The minimum absolute atomic E-state index is 0.248. The number of nitrogens with one attached hydrogen (secondary N) is 1. The quantitative estimate of drug-likeness (QED) is 0.0362. The van der Waals surface area contributed by atoms with Gasteiger partial charge in [-0.15, -0.1) is 20.4 Å². The molecule has 6 aromatic rings. The van der Waals surface area contributed by atoms with Crippen molar-refractivity contribution in [1.29, 1.82) is 0 Å². The molecule has 0 unspecified atom stereocenters. The Kier molecular flexibility index (Phi) is 46.5. The normalized spacial score (nSPS) is 11.4. The maximum atomic E-state index is 14.2. The number of carbonyl (C=O) groups excluding carboxylic acids is 1. The minimum Gasteiger partial charge on any atom is -0.494 e. The number of rotatable bonds is 66. The van der Waals surface area contributed by atoms with Crippen LogP contribution in [0.25, 0.3) is 45.8 Å². The molecule has 13 heteroatoms. The molecule has 0 aliphatic rings. The molecule has 2 aromatic heterocycles. The number of carbonyl (C=O) groups is 1. The van der Waals surface area contributed by atoms with Crippen LogP contribution in [0.2, 0.25) is 0 Å². The van der Waals surface area contributed by atoms with Gasteiger partial charge < -0.3 is 37.8 Å². The molecule has 102 heavy (non-hydrogen) atoms. The summed E-state index contributed by atoms with van der Waals surface area (Å²) < 4.78 is 45.3. The number of unbranched alkanes of at least 4 members (excludes halogenated alkanes) is 45. The van der Waals surface area contributed by atoms with Crippen molar-refractivity contribution in [2.75, 3.05) is 38.4 Å². The zero-order chi connectivity index (χ0) is 71.8. The van der Waals surface area contributed by atoms with Crippen molar-refractivity contribution >= 4 is 11.6 Å². The fraction of sp³-hybridized carbons (Fsp3) is 0.674. The van der Waals surface area contributed by atoms with Gasteiger partial charge in [-0.2, -0.15) is 0 Å². The zero-order valence-corrected chi connectivity index (χ0v) is 65.0. The van der Waals surface area contributed by atoms with E-state index in [4.69, 9.17) is 32.5 Å². The molecule has 2 heterocycles. The van der Waals surface area contributed by atoms with Crippen molar-refractivity contribution in [3.8, 4) is 74.6 Å². The van der Waals surface area contributed by atoms with E-state index in [9.17, 15) is 4.79 Å². The van der Waals surface area contributed by atoms with Gasteiger partial charge in [0.2, 0.25) is 23.6 Å². The molecule has 0 spiro atoms. The van der Waals surface area contributed by atoms with E-state index >= 15 is 0 Å². The van der Waals surface area contributed by atoms with Crippen molar-refractivity contribution in [3.05, 3.63) is 84.4 Å². The van der Waals surface area contributed by atoms with Crippen LogP contribution in [-0.4, -0.2) is 59.3 Å². The van der Waals surface area contributed by atoms with Gasteiger partial charge in [0.15, 0.2) is 23.0 Å². The second-order valence-electron chi connectivity index (χ2n) is 29.1. The van der Waals surface area contributed by atoms with E-state index in [0.717, 1.165) is 81.5 Å². The van der Waals surface area contributed by atoms with Crippen LogP contribution in [0.4, 0.5) is 5.69 Å². The summed E-state index contributed by atoms with van der Waals surface area (Å²) in [6.45, 7) is 14.5. The summed E-state index contributed by atoms with van der Waals surface area (Å²) in [5.74, 6) is 4.37.